The summed E-state index contributed by atoms with van der Waals surface area (Å²) < 4.78 is 40.4. The van der Waals surface area contributed by atoms with Crippen LogP contribution in [0.15, 0.2) is 48.5 Å². The number of carbonyl (C=O) groups excluding carboxylic acids is 1. The topological polar surface area (TPSA) is 72.2 Å². The van der Waals surface area contributed by atoms with Crippen molar-refractivity contribution in [2.75, 3.05) is 5.32 Å². The molecule has 164 valence electrons. The Kier molecular flexibility index (Phi) is 5.60. The van der Waals surface area contributed by atoms with Crippen LogP contribution in [-0.4, -0.2) is 25.7 Å². The molecule has 0 aliphatic heterocycles. The molecule has 2 aromatic carbocycles. The summed E-state index contributed by atoms with van der Waals surface area (Å²) in [7, 11) is 0. The Morgan fingerprint density at radius 1 is 1.12 bits per heavy atom. The molecule has 0 radical (unpaired) electrons. The molecule has 0 saturated heterocycles. The summed E-state index contributed by atoms with van der Waals surface area (Å²) >= 11 is 6.14. The van der Waals surface area contributed by atoms with Gasteiger partial charge >= 0.3 is 6.18 Å². The molecule has 2 aromatic heterocycles. The Morgan fingerprint density at radius 3 is 2.56 bits per heavy atom. The van der Waals surface area contributed by atoms with Crippen LogP contribution in [0.25, 0.3) is 16.8 Å². The van der Waals surface area contributed by atoms with Crippen molar-refractivity contribution < 1.29 is 18.0 Å². The molecule has 1 N–H and O–H groups in total. The number of aryl methyl sites for hydroxylation is 2. The van der Waals surface area contributed by atoms with E-state index in [0.717, 1.165) is 29.0 Å². The van der Waals surface area contributed by atoms with Gasteiger partial charge in [-0.1, -0.05) is 36.7 Å². The van der Waals surface area contributed by atoms with Gasteiger partial charge in [0.25, 0.3) is 5.91 Å². The molecular formula is C22H17ClF3N5O. The van der Waals surface area contributed by atoms with Gasteiger partial charge in [-0.15, -0.1) is 10.2 Å². The molecule has 0 atom stereocenters. The number of hydrogen-bond donors (Lipinski definition) is 1. The smallest absolute Gasteiger partial charge is 0.321 e. The normalized spacial score (nSPS) is 11.7. The summed E-state index contributed by atoms with van der Waals surface area (Å²) in [5, 5.41) is 15.8. The molecule has 0 aliphatic rings. The predicted molar refractivity (Wildman–Crippen MR) is 115 cm³/mol. The molecular weight excluding hydrogens is 443 g/mol. The fourth-order valence-electron chi connectivity index (χ4n) is 3.41. The summed E-state index contributed by atoms with van der Waals surface area (Å²) in [5.41, 5.74) is 2.28. The van der Waals surface area contributed by atoms with E-state index in [4.69, 9.17) is 11.6 Å². The summed E-state index contributed by atoms with van der Waals surface area (Å²) in [6.07, 6.45) is -3.91. The van der Waals surface area contributed by atoms with Gasteiger partial charge in [-0.2, -0.15) is 18.3 Å². The highest BCUT2D eigenvalue weighted by Gasteiger charge is 2.30. The van der Waals surface area contributed by atoms with Crippen molar-refractivity contribution in [3.05, 3.63) is 76.2 Å². The van der Waals surface area contributed by atoms with Crippen LogP contribution in [0.4, 0.5) is 18.9 Å². The minimum Gasteiger partial charge on any atom is -0.321 e. The number of rotatable bonds is 4. The third-order valence-electron chi connectivity index (χ3n) is 4.95. The molecule has 6 nitrogen and oxygen atoms in total. The molecule has 10 heteroatoms. The highest BCUT2D eigenvalue weighted by atomic mass is 35.5. The maximum Gasteiger partial charge on any atom is 0.416 e. The molecule has 0 bridgehead atoms. The van der Waals surface area contributed by atoms with E-state index in [1.54, 1.807) is 19.1 Å². The van der Waals surface area contributed by atoms with Crippen LogP contribution in [0.1, 0.15) is 34.4 Å². The first kappa shape index (κ1) is 21.8. The lowest BCUT2D eigenvalue weighted by Gasteiger charge is -2.10. The highest BCUT2D eigenvalue weighted by Crippen LogP contribution is 2.32. The van der Waals surface area contributed by atoms with Gasteiger partial charge in [0.2, 0.25) is 0 Å². The van der Waals surface area contributed by atoms with Crippen molar-refractivity contribution in [3.63, 3.8) is 0 Å². The monoisotopic (exact) mass is 459 g/mol. The van der Waals surface area contributed by atoms with Crippen LogP contribution in [0.2, 0.25) is 5.02 Å². The van der Waals surface area contributed by atoms with Crippen LogP contribution in [0, 0.1) is 6.92 Å². The van der Waals surface area contributed by atoms with Gasteiger partial charge in [0.05, 0.1) is 22.5 Å². The second-order valence-corrected chi connectivity index (χ2v) is 7.52. The zero-order valence-corrected chi connectivity index (χ0v) is 17.8. The maximum absolute atomic E-state index is 13.0. The Hall–Kier alpha value is -3.46. The summed E-state index contributed by atoms with van der Waals surface area (Å²) in [6, 6.07) is 11.6. The number of halogens is 4. The number of nitrogens with zero attached hydrogens (tertiary/aromatic N) is 4. The van der Waals surface area contributed by atoms with Crippen LogP contribution in [0.5, 0.6) is 0 Å². The molecule has 0 saturated carbocycles. The fourth-order valence-corrected chi connectivity index (χ4v) is 3.60. The molecule has 4 rings (SSSR count). The van der Waals surface area contributed by atoms with Crippen molar-refractivity contribution in [3.8, 4) is 11.1 Å². The van der Waals surface area contributed by atoms with Crippen molar-refractivity contribution in [1.82, 2.24) is 19.8 Å². The Bertz CT molecular complexity index is 1330. The van der Waals surface area contributed by atoms with Gasteiger partial charge in [0.1, 0.15) is 0 Å². The van der Waals surface area contributed by atoms with E-state index in [9.17, 15) is 18.0 Å². The number of benzene rings is 2. The number of carbonyl (C=O) groups is 1. The van der Waals surface area contributed by atoms with Gasteiger partial charge in [0, 0.05) is 10.7 Å². The fraction of sp³-hybridized carbons (Fsp3) is 0.182. The van der Waals surface area contributed by atoms with Gasteiger partial charge in [-0.25, -0.2) is 4.52 Å². The first-order chi connectivity index (χ1) is 15.2. The van der Waals surface area contributed by atoms with Gasteiger partial charge in [-0.05, 0) is 49.2 Å². The first-order valence-corrected chi connectivity index (χ1v) is 10.1. The Morgan fingerprint density at radius 2 is 1.88 bits per heavy atom. The second kappa shape index (κ2) is 8.23. The van der Waals surface area contributed by atoms with Crippen molar-refractivity contribution in [1.29, 1.82) is 0 Å². The lowest BCUT2D eigenvalue weighted by molar-refractivity contribution is -0.137. The number of amides is 1. The molecule has 0 spiro atoms. The number of fused-ring (bicyclic) bond motifs is 1. The molecule has 4 aromatic rings. The van der Waals surface area contributed by atoms with E-state index in [0.29, 0.717) is 22.8 Å². The zero-order valence-electron chi connectivity index (χ0n) is 17.0. The van der Waals surface area contributed by atoms with Crippen LogP contribution < -0.4 is 5.32 Å². The van der Waals surface area contributed by atoms with E-state index in [1.807, 2.05) is 19.1 Å². The summed E-state index contributed by atoms with van der Waals surface area (Å²) in [5.74, 6) is -0.686. The number of alkyl halides is 3. The first-order valence-electron chi connectivity index (χ1n) is 9.68. The quantitative estimate of drug-likeness (QED) is 0.432. The third-order valence-corrected chi connectivity index (χ3v) is 5.18. The van der Waals surface area contributed by atoms with Crippen LogP contribution in [0.3, 0.4) is 0 Å². The largest absolute Gasteiger partial charge is 0.416 e. The van der Waals surface area contributed by atoms with Crippen molar-refractivity contribution >= 4 is 28.8 Å². The van der Waals surface area contributed by atoms with Crippen LogP contribution >= 0.6 is 11.6 Å². The summed E-state index contributed by atoms with van der Waals surface area (Å²) in [4.78, 5) is 12.8. The number of hydrogen-bond acceptors (Lipinski definition) is 4. The third kappa shape index (κ3) is 4.03. The SMILES string of the molecule is CCc1nn2c(C)c(C(=O)Nc3cccc(C(F)(F)F)c3)nnc2c1-c1cccc(Cl)c1. The zero-order chi connectivity index (χ0) is 23.0. The average molecular weight is 460 g/mol. The highest BCUT2D eigenvalue weighted by molar-refractivity contribution is 6.30. The van der Waals surface area contributed by atoms with Crippen molar-refractivity contribution in [2.24, 2.45) is 0 Å². The average Bonchev–Trinajstić information content (AvgIpc) is 3.13. The van der Waals surface area contributed by atoms with Gasteiger partial charge in [0.15, 0.2) is 11.3 Å². The van der Waals surface area contributed by atoms with Crippen LogP contribution in [-0.2, 0) is 12.6 Å². The maximum atomic E-state index is 13.0. The Balaban J connectivity index is 1.74. The van der Waals surface area contributed by atoms with E-state index in [2.05, 4.69) is 20.6 Å². The molecule has 32 heavy (non-hydrogen) atoms. The molecule has 2 heterocycles. The number of aromatic nitrogens is 4. The van der Waals surface area contributed by atoms with E-state index >= 15 is 0 Å². The second-order valence-electron chi connectivity index (χ2n) is 7.09. The van der Waals surface area contributed by atoms with Gasteiger partial charge in [-0.3, -0.25) is 4.79 Å². The molecule has 1 amide bonds. The minimum atomic E-state index is -4.52. The van der Waals surface area contributed by atoms with E-state index in [1.165, 1.54) is 16.6 Å². The molecule has 0 aliphatic carbocycles. The van der Waals surface area contributed by atoms with E-state index in [-0.39, 0.29) is 11.4 Å². The van der Waals surface area contributed by atoms with Crippen molar-refractivity contribution in [2.45, 2.75) is 26.4 Å². The Labute approximate surface area is 186 Å². The lowest BCUT2D eigenvalue weighted by Crippen LogP contribution is -2.19. The predicted octanol–water partition coefficient (Wildman–Crippen LogP) is 5.59. The lowest BCUT2D eigenvalue weighted by atomic mass is 10.0. The van der Waals surface area contributed by atoms with E-state index < -0.39 is 17.6 Å². The molecule has 0 fully saturated rings. The standard InChI is InChI=1S/C22H17ClF3N5O/c1-3-17-18(13-6-4-8-15(23)10-13)20-29-28-19(12(2)31(20)30-17)21(32)27-16-9-5-7-14(11-16)22(24,25)26/h4-11H,3H2,1-2H3,(H,27,32). The summed E-state index contributed by atoms with van der Waals surface area (Å²) in [6.45, 7) is 3.59. The van der Waals surface area contributed by atoms with Gasteiger partial charge < -0.3 is 5.32 Å². The molecule has 0 unspecified atom stereocenters. The number of anilines is 1. The minimum absolute atomic E-state index is 0.000418. The number of nitrogens with one attached hydrogen (secondary N) is 1.